The fourth-order valence-corrected chi connectivity index (χ4v) is 3.73. The first kappa shape index (κ1) is 17.2. The van der Waals surface area contributed by atoms with Crippen LogP contribution in [0, 0.1) is 16.7 Å². The molecule has 1 aliphatic rings. The van der Waals surface area contributed by atoms with Gasteiger partial charge in [-0.05, 0) is 42.6 Å². The normalized spacial score (nSPS) is 30.8. The molecule has 0 spiro atoms. The number of nitrogens with zero attached hydrogens (tertiary/aromatic N) is 1. The van der Waals surface area contributed by atoms with Crippen molar-refractivity contribution in [2.45, 2.75) is 53.0 Å². The van der Waals surface area contributed by atoms with E-state index in [1.165, 1.54) is 4.90 Å². The smallest absolute Gasteiger partial charge is 0.407 e. The van der Waals surface area contributed by atoms with Gasteiger partial charge in [-0.15, -0.1) is 0 Å². The molecule has 0 aromatic rings. The van der Waals surface area contributed by atoms with Crippen LogP contribution in [0.5, 0.6) is 0 Å². The predicted octanol–water partition coefficient (Wildman–Crippen LogP) is 2.14. The van der Waals surface area contributed by atoms with E-state index in [4.69, 9.17) is 5.73 Å². The number of hydrogen-bond acceptors (Lipinski definition) is 3. The SMILES string of the molecule is CC(CO)CN(C(=O)O)C1CC(C)(C)CC(C)(CN)C1. The number of carbonyl (C=O) groups is 1. The van der Waals surface area contributed by atoms with Gasteiger partial charge in [-0.1, -0.05) is 27.7 Å². The topological polar surface area (TPSA) is 86.8 Å². The Labute approximate surface area is 122 Å². The maximum atomic E-state index is 11.6. The van der Waals surface area contributed by atoms with E-state index in [-0.39, 0.29) is 29.4 Å². The lowest BCUT2D eigenvalue weighted by Crippen LogP contribution is -2.52. The minimum Gasteiger partial charge on any atom is -0.465 e. The Kier molecular flexibility index (Phi) is 5.44. The van der Waals surface area contributed by atoms with Gasteiger partial charge in [0.25, 0.3) is 0 Å². The zero-order chi connectivity index (χ0) is 15.6. The lowest BCUT2D eigenvalue weighted by Gasteiger charge is -2.49. The number of aliphatic hydroxyl groups is 1. The lowest BCUT2D eigenvalue weighted by atomic mass is 9.62. The molecule has 1 aliphatic carbocycles. The maximum absolute atomic E-state index is 11.6. The summed E-state index contributed by atoms with van der Waals surface area (Å²) in [7, 11) is 0. The number of hydrogen-bond donors (Lipinski definition) is 3. The Morgan fingerprint density at radius 1 is 1.40 bits per heavy atom. The highest BCUT2D eigenvalue weighted by molar-refractivity contribution is 5.65. The second-order valence-corrected chi connectivity index (χ2v) is 7.64. The molecule has 3 unspecified atom stereocenters. The summed E-state index contributed by atoms with van der Waals surface area (Å²) < 4.78 is 0. The van der Waals surface area contributed by atoms with Crippen molar-refractivity contribution in [2.24, 2.45) is 22.5 Å². The van der Waals surface area contributed by atoms with Gasteiger partial charge in [0.2, 0.25) is 0 Å². The van der Waals surface area contributed by atoms with Crippen LogP contribution in [0.15, 0.2) is 0 Å². The van der Waals surface area contributed by atoms with Gasteiger partial charge in [-0.2, -0.15) is 0 Å². The summed E-state index contributed by atoms with van der Waals surface area (Å²) in [6.07, 6.45) is 1.79. The minimum atomic E-state index is -0.896. The molecule has 4 N–H and O–H groups in total. The molecule has 5 heteroatoms. The number of aliphatic hydroxyl groups excluding tert-OH is 1. The molecule has 0 heterocycles. The van der Waals surface area contributed by atoms with Crippen LogP contribution in [0.1, 0.15) is 47.0 Å². The Hall–Kier alpha value is -0.810. The van der Waals surface area contributed by atoms with Crippen molar-refractivity contribution in [1.82, 2.24) is 4.90 Å². The molecule has 1 amide bonds. The van der Waals surface area contributed by atoms with Gasteiger partial charge in [-0.25, -0.2) is 4.79 Å². The van der Waals surface area contributed by atoms with Gasteiger partial charge in [0.05, 0.1) is 0 Å². The highest BCUT2D eigenvalue weighted by Gasteiger charge is 2.43. The van der Waals surface area contributed by atoms with Crippen LogP contribution in [0.3, 0.4) is 0 Å². The van der Waals surface area contributed by atoms with Gasteiger partial charge in [0, 0.05) is 19.2 Å². The first-order chi connectivity index (χ1) is 9.12. The predicted molar refractivity (Wildman–Crippen MR) is 79.6 cm³/mol. The standard InChI is InChI=1S/C15H30N2O3/c1-11(8-18)7-17(13(19)20)12-5-14(2,3)9-15(4,6-12)10-16/h11-12,18H,5-10,16H2,1-4H3,(H,19,20). The van der Waals surface area contributed by atoms with E-state index in [9.17, 15) is 15.0 Å². The summed E-state index contributed by atoms with van der Waals surface area (Å²) in [6.45, 7) is 9.35. The Morgan fingerprint density at radius 2 is 2.00 bits per heavy atom. The summed E-state index contributed by atoms with van der Waals surface area (Å²) in [4.78, 5) is 13.1. The van der Waals surface area contributed by atoms with Crippen molar-refractivity contribution in [3.63, 3.8) is 0 Å². The Bertz CT molecular complexity index is 346. The average Bonchev–Trinajstić information content (AvgIpc) is 2.32. The largest absolute Gasteiger partial charge is 0.465 e. The molecule has 0 bridgehead atoms. The van der Waals surface area contributed by atoms with Crippen LogP contribution in [0.2, 0.25) is 0 Å². The van der Waals surface area contributed by atoms with Crippen molar-refractivity contribution in [3.8, 4) is 0 Å². The molecule has 118 valence electrons. The second kappa shape index (κ2) is 6.31. The van der Waals surface area contributed by atoms with Gasteiger partial charge in [0.1, 0.15) is 0 Å². The fraction of sp³-hybridized carbons (Fsp3) is 0.933. The summed E-state index contributed by atoms with van der Waals surface area (Å²) in [6, 6.07) is -0.0150. The monoisotopic (exact) mass is 286 g/mol. The third kappa shape index (κ3) is 4.35. The molecule has 1 rings (SSSR count). The zero-order valence-corrected chi connectivity index (χ0v) is 13.2. The molecule has 0 aliphatic heterocycles. The Balaban J connectivity index is 2.92. The van der Waals surface area contributed by atoms with Crippen molar-refractivity contribution in [2.75, 3.05) is 19.7 Å². The van der Waals surface area contributed by atoms with Crippen LogP contribution in [0.25, 0.3) is 0 Å². The molecular weight excluding hydrogens is 256 g/mol. The zero-order valence-electron chi connectivity index (χ0n) is 13.2. The third-order valence-corrected chi connectivity index (χ3v) is 4.42. The summed E-state index contributed by atoms with van der Waals surface area (Å²) >= 11 is 0. The number of carboxylic acid groups (broad SMARTS) is 1. The number of nitrogens with two attached hydrogens (primary N) is 1. The molecular formula is C15H30N2O3. The fourth-order valence-electron chi connectivity index (χ4n) is 3.73. The number of rotatable bonds is 5. The maximum Gasteiger partial charge on any atom is 0.407 e. The highest BCUT2D eigenvalue weighted by Crippen LogP contribution is 2.47. The first-order valence-corrected chi connectivity index (χ1v) is 7.43. The van der Waals surface area contributed by atoms with Crippen molar-refractivity contribution in [1.29, 1.82) is 0 Å². The van der Waals surface area contributed by atoms with Gasteiger partial charge < -0.3 is 20.8 Å². The van der Waals surface area contributed by atoms with Gasteiger partial charge >= 0.3 is 6.09 Å². The van der Waals surface area contributed by atoms with E-state index in [0.717, 1.165) is 19.3 Å². The molecule has 3 atom stereocenters. The van der Waals surface area contributed by atoms with E-state index in [2.05, 4.69) is 20.8 Å². The van der Waals surface area contributed by atoms with Crippen LogP contribution in [-0.4, -0.2) is 46.9 Å². The van der Waals surface area contributed by atoms with E-state index in [1.807, 2.05) is 6.92 Å². The summed E-state index contributed by atoms with van der Waals surface area (Å²) in [5.74, 6) is -0.0414. The third-order valence-electron chi connectivity index (χ3n) is 4.42. The van der Waals surface area contributed by atoms with Gasteiger partial charge in [-0.3, -0.25) is 0 Å². The van der Waals surface area contributed by atoms with Crippen LogP contribution in [-0.2, 0) is 0 Å². The number of amides is 1. The Morgan fingerprint density at radius 3 is 2.45 bits per heavy atom. The van der Waals surface area contributed by atoms with Crippen molar-refractivity contribution < 1.29 is 15.0 Å². The lowest BCUT2D eigenvalue weighted by molar-refractivity contribution is 0.0156. The summed E-state index contributed by atoms with van der Waals surface area (Å²) in [5.41, 5.74) is 6.00. The highest BCUT2D eigenvalue weighted by atomic mass is 16.4. The van der Waals surface area contributed by atoms with Crippen LogP contribution < -0.4 is 5.73 Å². The molecule has 0 aromatic carbocycles. The molecule has 1 fully saturated rings. The molecule has 20 heavy (non-hydrogen) atoms. The minimum absolute atomic E-state index is 0.00799. The molecule has 1 saturated carbocycles. The average molecular weight is 286 g/mol. The van der Waals surface area contributed by atoms with E-state index >= 15 is 0 Å². The molecule has 0 saturated heterocycles. The quantitative estimate of drug-likeness (QED) is 0.722. The summed E-state index contributed by atoms with van der Waals surface area (Å²) in [5, 5.41) is 18.7. The van der Waals surface area contributed by atoms with Crippen LogP contribution in [0.4, 0.5) is 4.79 Å². The molecule has 0 aromatic heterocycles. The van der Waals surface area contributed by atoms with Crippen molar-refractivity contribution >= 4 is 6.09 Å². The molecule has 0 radical (unpaired) electrons. The van der Waals surface area contributed by atoms with E-state index in [1.54, 1.807) is 0 Å². The van der Waals surface area contributed by atoms with Gasteiger partial charge in [0.15, 0.2) is 0 Å². The first-order valence-electron chi connectivity index (χ1n) is 7.43. The molecule has 5 nitrogen and oxygen atoms in total. The van der Waals surface area contributed by atoms with Crippen LogP contribution >= 0.6 is 0 Å². The van der Waals surface area contributed by atoms with E-state index < -0.39 is 6.09 Å². The van der Waals surface area contributed by atoms with Crippen molar-refractivity contribution in [3.05, 3.63) is 0 Å². The second-order valence-electron chi connectivity index (χ2n) is 7.64. The van der Waals surface area contributed by atoms with E-state index in [0.29, 0.717) is 13.1 Å².